The largest absolute Gasteiger partial charge is 0.394 e. The summed E-state index contributed by atoms with van der Waals surface area (Å²) in [4.78, 5) is 11.6. The van der Waals surface area contributed by atoms with Gasteiger partial charge in [0.2, 0.25) is 0 Å². The molecule has 0 fully saturated rings. The summed E-state index contributed by atoms with van der Waals surface area (Å²) in [5.41, 5.74) is 0. The van der Waals surface area contributed by atoms with Gasteiger partial charge in [-0.05, 0) is 11.0 Å². The van der Waals surface area contributed by atoms with Crippen LogP contribution in [0.25, 0.3) is 0 Å². The van der Waals surface area contributed by atoms with Crippen LogP contribution in [0.2, 0.25) is 19.6 Å². The van der Waals surface area contributed by atoms with Crippen molar-refractivity contribution in [1.29, 1.82) is 0 Å². The van der Waals surface area contributed by atoms with Gasteiger partial charge in [-0.15, -0.1) is 0 Å². The summed E-state index contributed by atoms with van der Waals surface area (Å²) in [6, 6.07) is 0. The molecule has 5 N–H and O–H groups in total. The Morgan fingerprint density at radius 2 is 1.47 bits per heavy atom. The highest BCUT2D eigenvalue weighted by Gasteiger charge is 2.39. The molecular formula is C9H24O6Si2. The number of carbonyl (C=O) groups is 1. The maximum atomic E-state index is 11.6. The van der Waals surface area contributed by atoms with E-state index in [1.54, 1.807) is 19.6 Å². The topological polar surface area (TPSA) is 118 Å². The molecule has 104 valence electrons. The van der Waals surface area contributed by atoms with Gasteiger partial charge in [0.15, 0.2) is 0 Å². The molecule has 0 radical (unpaired) electrons. The SMILES string of the molecule is C[Si](C)(C)C(=O)[C@H](O)[C@@H](O)[C@H](O)[C@H](O)CO.[SiH4]. The molecule has 4 atom stereocenters. The number of hydrogen-bond acceptors (Lipinski definition) is 6. The molecule has 17 heavy (non-hydrogen) atoms. The first-order valence-corrected chi connectivity index (χ1v) is 8.50. The fourth-order valence-electron chi connectivity index (χ4n) is 1.12. The van der Waals surface area contributed by atoms with Crippen molar-refractivity contribution < 1.29 is 30.3 Å². The molecule has 0 heterocycles. The van der Waals surface area contributed by atoms with Crippen molar-refractivity contribution in [3.8, 4) is 0 Å². The van der Waals surface area contributed by atoms with Gasteiger partial charge in [-0.3, -0.25) is 0 Å². The molecule has 0 spiro atoms. The molecule has 0 saturated carbocycles. The molecule has 0 aliphatic heterocycles. The van der Waals surface area contributed by atoms with Crippen LogP contribution in [0.5, 0.6) is 0 Å². The van der Waals surface area contributed by atoms with Crippen LogP contribution < -0.4 is 0 Å². The van der Waals surface area contributed by atoms with E-state index in [-0.39, 0.29) is 11.0 Å². The van der Waals surface area contributed by atoms with E-state index in [0.29, 0.717) is 0 Å². The van der Waals surface area contributed by atoms with Crippen LogP contribution in [-0.2, 0) is 4.79 Å². The van der Waals surface area contributed by atoms with Crippen LogP contribution in [0.4, 0.5) is 0 Å². The summed E-state index contributed by atoms with van der Waals surface area (Å²) < 4.78 is 0. The monoisotopic (exact) mass is 284 g/mol. The molecule has 0 aromatic carbocycles. The Bertz CT molecular complexity index is 242. The average Bonchev–Trinajstić information content (AvgIpc) is 2.22. The number of rotatable bonds is 6. The third-order valence-corrected chi connectivity index (χ3v) is 4.04. The van der Waals surface area contributed by atoms with Gasteiger partial charge < -0.3 is 30.3 Å². The zero-order chi connectivity index (χ0) is 13.1. The van der Waals surface area contributed by atoms with Crippen LogP contribution in [-0.4, -0.2) is 81.0 Å². The lowest BCUT2D eigenvalue weighted by atomic mass is 10.0. The molecule has 6 nitrogen and oxygen atoms in total. The lowest BCUT2D eigenvalue weighted by Crippen LogP contribution is -2.53. The van der Waals surface area contributed by atoms with Crippen molar-refractivity contribution in [3.63, 3.8) is 0 Å². The predicted molar refractivity (Wildman–Crippen MR) is 70.8 cm³/mol. The zero-order valence-corrected chi connectivity index (χ0v) is 10.7. The second-order valence-electron chi connectivity index (χ2n) is 4.79. The molecule has 0 bridgehead atoms. The Labute approximate surface area is 106 Å². The van der Waals surface area contributed by atoms with Gasteiger partial charge in [-0.1, -0.05) is 19.6 Å². The van der Waals surface area contributed by atoms with Crippen LogP contribution in [0, 0.1) is 0 Å². The Balaban J connectivity index is 0. The minimum Gasteiger partial charge on any atom is -0.394 e. The van der Waals surface area contributed by atoms with Crippen LogP contribution in [0.15, 0.2) is 0 Å². The molecule has 0 aromatic rings. The van der Waals surface area contributed by atoms with Gasteiger partial charge in [-0.2, -0.15) is 0 Å². The van der Waals surface area contributed by atoms with Crippen molar-refractivity contribution in [2.75, 3.05) is 6.61 Å². The normalized spacial score (nSPS) is 18.8. The van der Waals surface area contributed by atoms with Gasteiger partial charge in [0, 0.05) is 0 Å². The Morgan fingerprint density at radius 3 is 1.76 bits per heavy atom. The number of carbonyl (C=O) groups excluding carboxylic acids is 1. The first-order valence-electron chi connectivity index (χ1n) is 5.00. The molecule has 0 aliphatic rings. The fourth-order valence-corrected chi connectivity index (χ4v) is 2.18. The van der Waals surface area contributed by atoms with Crippen molar-refractivity contribution >= 4 is 24.4 Å². The summed E-state index contributed by atoms with van der Waals surface area (Å²) >= 11 is 0. The molecule has 0 amide bonds. The van der Waals surface area contributed by atoms with Gasteiger partial charge in [0.1, 0.15) is 37.9 Å². The molecule has 0 aliphatic carbocycles. The van der Waals surface area contributed by atoms with E-state index in [1.807, 2.05) is 0 Å². The van der Waals surface area contributed by atoms with E-state index in [0.717, 1.165) is 0 Å². The molecule has 0 saturated heterocycles. The van der Waals surface area contributed by atoms with Gasteiger partial charge in [0.05, 0.1) is 6.61 Å². The van der Waals surface area contributed by atoms with Crippen LogP contribution in [0.1, 0.15) is 0 Å². The number of aliphatic hydroxyl groups is 5. The van der Waals surface area contributed by atoms with Crippen LogP contribution in [0.3, 0.4) is 0 Å². The molecule has 0 aromatic heterocycles. The number of aliphatic hydroxyl groups excluding tert-OH is 5. The minimum atomic E-state index is -2.28. The highest BCUT2D eigenvalue weighted by Crippen LogP contribution is 2.12. The van der Waals surface area contributed by atoms with Crippen LogP contribution >= 0.6 is 0 Å². The van der Waals surface area contributed by atoms with E-state index >= 15 is 0 Å². The maximum absolute atomic E-state index is 11.6. The summed E-state index contributed by atoms with van der Waals surface area (Å²) in [6.45, 7) is 4.33. The van der Waals surface area contributed by atoms with Crippen molar-refractivity contribution in [2.24, 2.45) is 0 Å². The summed E-state index contributed by atoms with van der Waals surface area (Å²) in [6.07, 6.45) is -6.86. The highest BCUT2D eigenvalue weighted by atomic mass is 28.3. The van der Waals surface area contributed by atoms with Crippen molar-refractivity contribution in [2.45, 2.75) is 44.1 Å². The molecular weight excluding hydrogens is 260 g/mol. The summed E-state index contributed by atoms with van der Waals surface area (Å²) in [7, 11) is -2.28. The standard InChI is InChI=1S/C9H20O6Si.H4Si/c1-16(2,3)9(15)8(14)7(13)6(12)5(11)4-10;/h5-8,10-14H,4H2,1-3H3;1H4/t5-,6-,7+,8-;/m1./s1. The van der Waals surface area contributed by atoms with Gasteiger partial charge in [0.25, 0.3) is 0 Å². The van der Waals surface area contributed by atoms with E-state index in [4.69, 9.17) is 10.2 Å². The third-order valence-electron chi connectivity index (χ3n) is 2.26. The first-order chi connectivity index (χ1) is 7.12. The van der Waals surface area contributed by atoms with Crippen molar-refractivity contribution in [1.82, 2.24) is 0 Å². The average molecular weight is 284 g/mol. The second-order valence-corrected chi connectivity index (χ2v) is 9.78. The Morgan fingerprint density at radius 1 is 1.06 bits per heavy atom. The Hall–Kier alpha value is -0.0962. The first kappa shape index (κ1) is 19.2. The fraction of sp³-hybridized carbons (Fsp3) is 0.889. The lowest BCUT2D eigenvalue weighted by Gasteiger charge is -2.28. The third kappa shape index (κ3) is 5.38. The molecule has 0 unspecified atom stereocenters. The van der Waals surface area contributed by atoms with Crippen molar-refractivity contribution in [3.05, 3.63) is 0 Å². The lowest BCUT2D eigenvalue weighted by molar-refractivity contribution is -0.140. The maximum Gasteiger partial charge on any atom is 0.141 e. The zero-order valence-electron chi connectivity index (χ0n) is 9.66. The number of hydrogen-bond donors (Lipinski definition) is 5. The van der Waals surface area contributed by atoms with E-state index in [2.05, 4.69) is 0 Å². The predicted octanol–water partition coefficient (Wildman–Crippen LogP) is -3.58. The summed E-state index contributed by atoms with van der Waals surface area (Å²) in [5.74, 6) is 0. The summed E-state index contributed by atoms with van der Waals surface area (Å²) in [5, 5.41) is 45.4. The molecule has 0 rings (SSSR count). The smallest absolute Gasteiger partial charge is 0.141 e. The molecule has 8 heteroatoms. The van der Waals surface area contributed by atoms with Gasteiger partial charge in [-0.25, -0.2) is 0 Å². The van der Waals surface area contributed by atoms with E-state index in [9.17, 15) is 20.1 Å². The van der Waals surface area contributed by atoms with Gasteiger partial charge >= 0.3 is 0 Å². The van der Waals surface area contributed by atoms with E-state index in [1.165, 1.54) is 0 Å². The highest BCUT2D eigenvalue weighted by molar-refractivity contribution is 7.04. The van der Waals surface area contributed by atoms with E-state index < -0.39 is 44.5 Å². The minimum absolute atomic E-state index is 0. The second kappa shape index (κ2) is 7.36. The quantitative estimate of drug-likeness (QED) is 0.322. The Kier molecular flexibility index (Phi) is 8.34.